The summed E-state index contributed by atoms with van der Waals surface area (Å²) in [6.45, 7) is 21.5. The Morgan fingerprint density at radius 2 is 1.24 bits per heavy atom. The highest BCUT2D eigenvalue weighted by Gasteiger charge is 2.39. The molecule has 20 heteroatoms. The number of azo groups is 2. The fourth-order valence-electron chi connectivity index (χ4n) is 8.41. The number of anilines is 6. The molecule has 2 aliphatic rings. The number of thiophene rings is 2. The van der Waals surface area contributed by atoms with Gasteiger partial charge in [0.05, 0.1) is 21.1 Å². The molecule has 0 bridgehead atoms. The second-order valence-electron chi connectivity index (χ2n) is 18.2. The van der Waals surface area contributed by atoms with E-state index in [4.69, 9.17) is 20.1 Å². The molecule has 0 unspecified atom stereocenters. The zero-order valence-corrected chi connectivity index (χ0v) is 42.8. The van der Waals surface area contributed by atoms with Gasteiger partial charge in [0.25, 0.3) is 10.1 Å². The number of ketones is 2. The highest BCUT2D eigenvalue weighted by Crippen LogP contribution is 2.48. The van der Waals surface area contributed by atoms with Gasteiger partial charge in [-0.05, 0) is 111 Å². The van der Waals surface area contributed by atoms with Gasteiger partial charge in [-0.1, -0.05) is 52.8 Å². The number of carbonyl (C=O) groups excluding carboxylic acids is 2. The van der Waals surface area contributed by atoms with Gasteiger partial charge in [-0.25, -0.2) is 0 Å². The second kappa shape index (κ2) is 20.6. The summed E-state index contributed by atoms with van der Waals surface area (Å²) in [6, 6.07) is 13.4. The zero-order valence-electron chi connectivity index (χ0n) is 39.6. The van der Waals surface area contributed by atoms with Crippen LogP contribution in [0.3, 0.4) is 0 Å². The van der Waals surface area contributed by atoms with E-state index in [1.165, 1.54) is 23.1 Å². The summed E-state index contributed by atoms with van der Waals surface area (Å²) in [7, 11) is -4.76. The van der Waals surface area contributed by atoms with Crippen LogP contribution < -0.4 is 20.4 Å². The summed E-state index contributed by atoms with van der Waals surface area (Å²) in [5, 5.41) is 26.1. The van der Waals surface area contributed by atoms with Crippen molar-refractivity contribution in [3.8, 4) is 0 Å². The van der Waals surface area contributed by atoms with Crippen LogP contribution in [0.2, 0.25) is 0 Å². The van der Waals surface area contributed by atoms with Crippen molar-refractivity contribution in [1.82, 2.24) is 15.0 Å². The van der Waals surface area contributed by atoms with E-state index in [9.17, 15) is 22.6 Å². The Bertz CT molecular complexity index is 2830. The summed E-state index contributed by atoms with van der Waals surface area (Å²) in [4.78, 5) is 45.7. The summed E-state index contributed by atoms with van der Waals surface area (Å²) >= 11 is 3.79. The predicted octanol–water partition coefficient (Wildman–Crippen LogP) is 13.5. The Morgan fingerprint density at radius 3 is 1.78 bits per heavy atom. The number of nitrogens with one attached hydrogen (secondary N) is 2. The fourth-order valence-corrected chi connectivity index (χ4v) is 12.5. The lowest BCUT2D eigenvalue weighted by Gasteiger charge is -2.28. The summed E-state index contributed by atoms with van der Waals surface area (Å²) in [5.41, 5.74) is 4.50. The first-order valence-electron chi connectivity index (χ1n) is 22.7. The first-order chi connectivity index (χ1) is 31.8. The van der Waals surface area contributed by atoms with Gasteiger partial charge in [0, 0.05) is 56.1 Å². The van der Waals surface area contributed by atoms with Crippen molar-refractivity contribution in [3.05, 3.63) is 63.3 Å². The first-order valence-corrected chi connectivity index (χ1v) is 26.8. The summed E-state index contributed by atoms with van der Waals surface area (Å²) in [5.74, 6) is 1.18. The minimum Gasteiger partial charge on any atom is -0.372 e. The van der Waals surface area contributed by atoms with Crippen LogP contribution in [0.4, 0.5) is 56.0 Å². The van der Waals surface area contributed by atoms with Crippen LogP contribution in [0, 0.1) is 10.8 Å². The molecule has 0 saturated heterocycles. The maximum Gasteiger partial charge on any atom is 0.297 e. The largest absolute Gasteiger partial charge is 0.372 e. The lowest BCUT2D eigenvalue weighted by Crippen LogP contribution is -2.26. The lowest BCUT2D eigenvalue weighted by atomic mass is 9.76. The quantitative estimate of drug-likeness (QED) is 0.0305. The normalized spacial score (nSPS) is 15.6. The van der Waals surface area contributed by atoms with Gasteiger partial charge in [0.2, 0.25) is 11.9 Å². The van der Waals surface area contributed by atoms with Crippen molar-refractivity contribution in [3.63, 3.8) is 0 Å². The van der Waals surface area contributed by atoms with E-state index in [1.54, 1.807) is 6.07 Å². The molecule has 0 amide bonds. The van der Waals surface area contributed by atoms with Gasteiger partial charge < -0.3 is 20.4 Å². The molecule has 3 N–H and O–H groups in total. The SMILES string of the molecule is CCCCSc1nc(Nc2cc(N(CC)CC)ccc2/N=N/c2cc3c(s2)C(=O)CC(C)(C)C3)nc(Nc2cc(N(CC)CC)ccc2/N=N/c2sc3c(c2S(=O)(=O)O)CC(C)(C)CC3=O)n1. The van der Waals surface area contributed by atoms with E-state index in [0.717, 1.165) is 84.3 Å². The second-order valence-corrected chi connectivity index (χ2v) is 22.7. The van der Waals surface area contributed by atoms with Crippen LogP contribution in [0.1, 0.15) is 118 Å². The van der Waals surface area contributed by atoms with Crippen molar-refractivity contribution in [1.29, 1.82) is 0 Å². The number of hydrogen-bond donors (Lipinski definition) is 3. The number of fused-ring (bicyclic) bond motifs is 2. The Balaban J connectivity index is 1.28. The molecule has 0 atom stereocenters. The van der Waals surface area contributed by atoms with Crippen molar-refractivity contribution in [2.24, 2.45) is 31.3 Å². The van der Waals surface area contributed by atoms with Crippen LogP contribution in [0.15, 0.2) is 73.0 Å². The maximum atomic E-state index is 13.2. The van der Waals surface area contributed by atoms with Crippen LogP contribution in [0.5, 0.6) is 0 Å². The molecule has 0 spiro atoms. The zero-order chi connectivity index (χ0) is 48.3. The molecular formula is C47H59N11O5S4. The highest BCUT2D eigenvalue weighted by molar-refractivity contribution is 7.99. The van der Waals surface area contributed by atoms with Gasteiger partial charge in [0.1, 0.15) is 21.3 Å². The molecule has 0 fully saturated rings. The van der Waals surface area contributed by atoms with Gasteiger partial charge in [0.15, 0.2) is 21.7 Å². The van der Waals surface area contributed by atoms with Crippen molar-refractivity contribution in [2.75, 3.05) is 52.4 Å². The molecule has 5 aromatic rings. The van der Waals surface area contributed by atoms with Crippen LogP contribution >= 0.6 is 34.4 Å². The summed E-state index contributed by atoms with van der Waals surface area (Å²) < 4.78 is 36.1. The molecule has 0 radical (unpaired) electrons. The molecule has 2 aromatic carbocycles. The smallest absolute Gasteiger partial charge is 0.297 e. The van der Waals surface area contributed by atoms with Gasteiger partial charge in [-0.2, -0.15) is 23.4 Å². The third-order valence-electron chi connectivity index (χ3n) is 11.7. The number of benzene rings is 2. The molecule has 0 saturated carbocycles. The van der Waals surface area contributed by atoms with E-state index in [-0.39, 0.29) is 62.1 Å². The van der Waals surface area contributed by atoms with E-state index in [1.807, 2.05) is 50.2 Å². The first kappa shape index (κ1) is 49.7. The molecule has 7 rings (SSSR count). The van der Waals surface area contributed by atoms with Crippen molar-refractivity contribution < 1.29 is 22.6 Å². The molecule has 356 valence electrons. The van der Waals surface area contributed by atoms with E-state index in [0.29, 0.717) is 39.3 Å². The molecule has 67 heavy (non-hydrogen) atoms. The highest BCUT2D eigenvalue weighted by atomic mass is 32.2. The number of hydrogen-bond acceptors (Lipinski definition) is 18. The predicted molar refractivity (Wildman–Crippen MR) is 272 cm³/mol. The summed E-state index contributed by atoms with van der Waals surface area (Å²) in [6.07, 6.45) is 3.78. The molecule has 3 heterocycles. The van der Waals surface area contributed by atoms with Gasteiger partial charge >= 0.3 is 0 Å². The van der Waals surface area contributed by atoms with Crippen molar-refractivity contribution in [2.45, 2.75) is 111 Å². The van der Waals surface area contributed by atoms with E-state index < -0.39 is 15.5 Å². The van der Waals surface area contributed by atoms with Gasteiger partial charge in [-0.15, -0.1) is 43.1 Å². The monoisotopic (exact) mass is 985 g/mol. The molecule has 3 aromatic heterocycles. The number of unbranched alkanes of at least 4 members (excludes halogenated alkanes) is 1. The Labute approximate surface area is 405 Å². The Hall–Kier alpha value is -5.15. The lowest BCUT2D eigenvalue weighted by molar-refractivity contribution is 0.0907. The number of aromatic nitrogens is 3. The topological polar surface area (TPSA) is 207 Å². The third-order valence-corrected chi connectivity index (χ3v) is 15.9. The molecule has 2 aliphatic carbocycles. The minimum absolute atomic E-state index is 0.0745. The van der Waals surface area contributed by atoms with Crippen LogP contribution in [0.25, 0.3) is 0 Å². The van der Waals surface area contributed by atoms with Gasteiger partial charge in [-0.3, -0.25) is 14.1 Å². The average molecular weight is 986 g/mol. The Morgan fingerprint density at radius 1 is 0.701 bits per heavy atom. The molecule has 0 aliphatic heterocycles. The number of rotatable bonds is 19. The average Bonchev–Trinajstić information content (AvgIpc) is 3.84. The van der Waals surface area contributed by atoms with Crippen LogP contribution in [-0.2, 0) is 23.0 Å². The number of Topliss-reactive ketones (excluding diaryl/α,β-unsaturated/α-hetero) is 2. The minimum atomic E-state index is -4.76. The van der Waals surface area contributed by atoms with Crippen molar-refractivity contribution >= 4 is 112 Å². The number of thioether (sulfide) groups is 1. The Kier molecular flexibility index (Phi) is 15.3. The van der Waals surface area contributed by atoms with Crippen LogP contribution in [-0.4, -0.2) is 71.4 Å². The third kappa shape index (κ3) is 11.8. The standard InChI is InChI=1S/C47H59N11O5S4/c1-10-15-20-64-45-51-43(48-34-22-29(57(11-2)12-3)16-18-32(34)53-55-38-21-28-24-46(6,7)26-36(59)39(28)65-38)50-44(52-45)49-35-23-30(58(13-4)14-5)17-19-33(35)54-56-42-41(67(61,62)63)31-25-47(8,9)27-37(60)40(31)66-42/h16-19,21-23H,10-15,20,24-27H2,1-9H3,(H,61,62,63)(H2,48,49,50,51,52)/b55-53+,56-54+. The number of nitrogens with zero attached hydrogens (tertiary/aromatic N) is 9. The van der Waals surface area contributed by atoms with E-state index >= 15 is 0 Å². The fraction of sp³-hybridized carbons (Fsp3) is 0.468. The van der Waals surface area contributed by atoms with E-state index in [2.05, 4.69) is 84.2 Å². The maximum absolute atomic E-state index is 13.2. The molecule has 16 nitrogen and oxygen atoms in total. The molecular weight excluding hydrogens is 927 g/mol. The number of carbonyl (C=O) groups is 2.